The lowest BCUT2D eigenvalue weighted by Gasteiger charge is -2.13. The van der Waals surface area contributed by atoms with Gasteiger partial charge >= 0.3 is 0 Å². The fourth-order valence-corrected chi connectivity index (χ4v) is 3.23. The van der Waals surface area contributed by atoms with E-state index < -0.39 is 0 Å². The Kier molecular flexibility index (Phi) is 5.04. The predicted octanol–water partition coefficient (Wildman–Crippen LogP) is 4.76. The highest BCUT2D eigenvalue weighted by Crippen LogP contribution is 2.23. The number of rotatable bonds is 4. The van der Waals surface area contributed by atoms with Gasteiger partial charge in [0.15, 0.2) is 5.11 Å². The third-order valence-electron chi connectivity index (χ3n) is 4.38. The molecule has 3 rings (SSSR count). The lowest BCUT2D eigenvalue weighted by atomic mass is 10.1. The summed E-state index contributed by atoms with van der Waals surface area (Å²) in [4.78, 5) is 3.30. The number of aromatic nitrogens is 1. The lowest BCUT2D eigenvalue weighted by Crippen LogP contribution is -2.30. The van der Waals surface area contributed by atoms with Gasteiger partial charge in [0.2, 0.25) is 0 Å². The van der Waals surface area contributed by atoms with Crippen molar-refractivity contribution in [2.45, 2.75) is 27.2 Å². The standard InChI is InChI=1S/C20H22FN3S/c1-12-4-5-13(2)19(10-12)24-20(25)22-9-8-16-14(3)23-18-7-6-15(21)11-17(16)18/h4-7,10-11,23H,8-9H2,1-3H3,(H2,22,24,25). The highest BCUT2D eigenvalue weighted by Gasteiger charge is 2.09. The van der Waals surface area contributed by atoms with Crippen LogP contribution in [0, 0.1) is 26.6 Å². The normalized spacial score (nSPS) is 10.9. The lowest BCUT2D eigenvalue weighted by molar-refractivity contribution is 0.629. The van der Waals surface area contributed by atoms with E-state index in [4.69, 9.17) is 12.2 Å². The highest BCUT2D eigenvalue weighted by molar-refractivity contribution is 7.80. The topological polar surface area (TPSA) is 39.8 Å². The molecule has 25 heavy (non-hydrogen) atoms. The van der Waals surface area contributed by atoms with Crippen molar-refractivity contribution in [3.05, 3.63) is 64.6 Å². The van der Waals surface area contributed by atoms with Gasteiger partial charge in [0, 0.05) is 28.8 Å². The maximum Gasteiger partial charge on any atom is 0.170 e. The highest BCUT2D eigenvalue weighted by atomic mass is 32.1. The number of fused-ring (bicyclic) bond motifs is 1. The van der Waals surface area contributed by atoms with Gasteiger partial charge in [0.1, 0.15) is 5.82 Å². The van der Waals surface area contributed by atoms with Crippen molar-refractivity contribution >= 4 is 33.9 Å². The Labute approximate surface area is 152 Å². The minimum absolute atomic E-state index is 0.215. The molecule has 1 aromatic heterocycles. The van der Waals surface area contributed by atoms with Crippen LogP contribution >= 0.6 is 12.2 Å². The number of halogens is 1. The largest absolute Gasteiger partial charge is 0.362 e. The summed E-state index contributed by atoms with van der Waals surface area (Å²) in [6, 6.07) is 11.1. The number of H-pyrrole nitrogens is 1. The van der Waals surface area contributed by atoms with Gasteiger partial charge in [0.05, 0.1) is 0 Å². The Balaban J connectivity index is 1.63. The van der Waals surface area contributed by atoms with Gasteiger partial charge in [-0.2, -0.15) is 0 Å². The van der Waals surface area contributed by atoms with Crippen LogP contribution in [0.25, 0.3) is 10.9 Å². The van der Waals surface area contributed by atoms with E-state index in [2.05, 4.69) is 40.7 Å². The summed E-state index contributed by atoms with van der Waals surface area (Å²) in [6.07, 6.45) is 0.768. The second kappa shape index (κ2) is 7.23. The van der Waals surface area contributed by atoms with Crippen molar-refractivity contribution in [2.24, 2.45) is 0 Å². The zero-order valence-corrected chi connectivity index (χ0v) is 15.5. The van der Waals surface area contributed by atoms with Crippen LogP contribution in [-0.2, 0) is 6.42 Å². The van der Waals surface area contributed by atoms with E-state index in [0.29, 0.717) is 11.7 Å². The molecule has 0 radical (unpaired) electrons. The Morgan fingerprint density at radius 1 is 1.12 bits per heavy atom. The third-order valence-corrected chi connectivity index (χ3v) is 4.63. The van der Waals surface area contributed by atoms with E-state index in [9.17, 15) is 4.39 Å². The molecule has 0 unspecified atom stereocenters. The molecule has 0 amide bonds. The number of anilines is 1. The molecule has 0 atom stereocenters. The fourth-order valence-electron chi connectivity index (χ4n) is 3.01. The Morgan fingerprint density at radius 3 is 2.72 bits per heavy atom. The number of hydrogen-bond acceptors (Lipinski definition) is 1. The quantitative estimate of drug-likeness (QED) is 0.591. The van der Waals surface area contributed by atoms with Crippen LogP contribution in [-0.4, -0.2) is 16.6 Å². The summed E-state index contributed by atoms with van der Waals surface area (Å²) in [5.74, 6) is -0.215. The maximum absolute atomic E-state index is 13.5. The van der Waals surface area contributed by atoms with Crippen molar-refractivity contribution < 1.29 is 4.39 Å². The van der Waals surface area contributed by atoms with Gasteiger partial charge in [-0.1, -0.05) is 12.1 Å². The molecule has 0 aliphatic heterocycles. The second-order valence-electron chi connectivity index (χ2n) is 6.37. The molecule has 0 bridgehead atoms. The van der Waals surface area contributed by atoms with E-state index in [1.807, 2.05) is 13.8 Å². The molecule has 0 aliphatic rings. The molecule has 3 aromatic rings. The molecule has 0 saturated carbocycles. The average molecular weight is 355 g/mol. The molecule has 3 N–H and O–H groups in total. The molecule has 0 aliphatic carbocycles. The third kappa shape index (κ3) is 3.99. The van der Waals surface area contributed by atoms with Gasteiger partial charge < -0.3 is 15.6 Å². The summed E-state index contributed by atoms with van der Waals surface area (Å²) in [5.41, 5.74) is 6.50. The van der Waals surface area contributed by atoms with Crippen molar-refractivity contribution in [3.63, 3.8) is 0 Å². The van der Waals surface area contributed by atoms with Gasteiger partial charge in [-0.25, -0.2) is 4.39 Å². The molecule has 5 heteroatoms. The summed E-state index contributed by atoms with van der Waals surface area (Å²) in [6.45, 7) is 6.80. The van der Waals surface area contributed by atoms with Crippen molar-refractivity contribution in [1.29, 1.82) is 0 Å². The van der Waals surface area contributed by atoms with E-state index in [1.165, 1.54) is 11.6 Å². The van der Waals surface area contributed by atoms with Crippen molar-refractivity contribution in [1.82, 2.24) is 10.3 Å². The van der Waals surface area contributed by atoms with Crippen LogP contribution in [0.4, 0.5) is 10.1 Å². The number of aryl methyl sites for hydroxylation is 3. The van der Waals surface area contributed by atoms with Crippen molar-refractivity contribution in [2.75, 3.05) is 11.9 Å². The molecule has 1 heterocycles. The van der Waals surface area contributed by atoms with Gasteiger partial charge in [-0.3, -0.25) is 0 Å². The molecule has 0 spiro atoms. The van der Waals surface area contributed by atoms with Crippen molar-refractivity contribution in [3.8, 4) is 0 Å². The van der Waals surface area contributed by atoms with Crippen LogP contribution in [0.1, 0.15) is 22.4 Å². The minimum atomic E-state index is -0.215. The molecule has 2 aromatic carbocycles. The zero-order chi connectivity index (χ0) is 18.0. The monoisotopic (exact) mass is 355 g/mol. The first kappa shape index (κ1) is 17.4. The van der Waals surface area contributed by atoms with Crippen LogP contribution in [0.3, 0.4) is 0 Å². The summed E-state index contributed by atoms with van der Waals surface area (Å²) in [7, 11) is 0. The van der Waals surface area contributed by atoms with Crippen LogP contribution in [0.2, 0.25) is 0 Å². The van der Waals surface area contributed by atoms with Crippen LogP contribution < -0.4 is 10.6 Å². The van der Waals surface area contributed by atoms with Gasteiger partial charge in [-0.15, -0.1) is 0 Å². The SMILES string of the molecule is Cc1ccc(C)c(NC(=S)NCCc2c(C)[nH]c3ccc(F)cc23)c1. The number of nitrogens with one attached hydrogen (secondary N) is 3. The molecular formula is C20H22FN3S. The molecule has 0 saturated heterocycles. The fraction of sp³-hybridized carbons (Fsp3) is 0.250. The van der Waals surface area contributed by atoms with Gasteiger partial charge in [-0.05, 0) is 80.4 Å². The first-order chi connectivity index (χ1) is 11.9. The molecule has 0 fully saturated rings. The number of aromatic amines is 1. The zero-order valence-electron chi connectivity index (χ0n) is 14.7. The minimum Gasteiger partial charge on any atom is -0.362 e. The summed E-state index contributed by atoms with van der Waals surface area (Å²) < 4.78 is 13.5. The predicted molar refractivity (Wildman–Crippen MR) is 107 cm³/mol. The molecular weight excluding hydrogens is 333 g/mol. The van der Waals surface area contributed by atoms with E-state index in [1.54, 1.807) is 12.1 Å². The van der Waals surface area contributed by atoms with Crippen LogP contribution in [0.5, 0.6) is 0 Å². The first-order valence-electron chi connectivity index (χ1n) is 8.33. The Bertz CT molecular complexity index is 930. The van der Waals surface area contributed by atoms with Crippen LogP contribution in [0.15, 0.2) is 36.4 Å². The number of hydrogen-bond donors (Lipinski definition) is 3. The van der Waals surface area contributed by atoms with E-state index in [0.717, 1.165) is 39.8 Å². The second-order valence-corrected chi connectivity index (χ2v) is 6.78. The number of thiocarbonyl (C=S) groups is 1. The van der Waals surface area contributed by atoms with Gasteiger partial charge in [0.25, 0.3) is 0 Å². The van der Waals surface area contributed by atoms with E-state index >= 15 is 0 Å². The maximum atomic E-state index is 13.5. The Morgan fingerprint density at radius 2 is 1.92 bits per heavy atom. The average Bonchev–Trinajstić information content (AvgIpc) is 2.86. The summed E-state index contributed by atoms with van der Waals surface area (Å²) >= 11 is 5.39. The number of benzene rings is 2. The molecule has 130 valence electrons. The van der Waals surface area contributed by atoms with E-state index in [-0.39, 0.29) is 5.82 Å². The smallest absolute Gasteiger partial charge is 0.170 e. The Hall–Kier alpha value is -2.40. The first-order valence-corrected chi connectivity index (χ1v) is 8.73. The summed E-state index contributed by atoms with van der Waals surface area (Å²) in [5, 5.41) is 8.01. The molecule has 3 nitrogen and oxygen atoms in total.